The van der Waals surface area contributed by atoms with Gasteiger partial charge in [-0.15, -0.1) is 11.3 Å². The van der Waals surface area contributed by atoms with Crippen molar-refractivity contribution in [3.05, 3.63) is 51.2 Å². The lowest BCUT2D eigenvalue weighted by Crippen LogP contribution is -2.07. The number of hydrogen-bond donors (Lipinski definition) is 1. The van der Waals surface area contributed by atoms with Crippen molar-refractivity contribution in [2.45, 2.75) is 13.0 Å². The SMILES string of the molecule is CC(Nc1c(F)cc(F)cc1Cl)c1cccs1. The lowest BCUT2D eigenvalue weighted by molar-refractivity contribution is 0.584. The predicted octanol–water partition coefficient (Wildman–Crippen LogP) is 4.85. The van der Waals surface area contributed by atoms with E-state index in [0.717, 1.165) is 17.0 Å². The quantitative estimate of drug-likeness (QED) is 0.843. The van der Waals surface area contributed by atoms with Gasteiger partial charge in [0.2, 0.25) is 0 Å². The number of halogens is 3. The van der Waals surface area contributed by atoms with Crippen molar-refractivity contribution in [2.75, 3.05) is 5.32 Å². The monoisotopic (exact) mass is 273 g/mol. The van der Waals surface area contributed by atoms with E-state index < -0.39 is 11.6 Å². The first-order valence-electron chi connectivity index (χ1n) is 5.02. The minimum atomic E-state index is -0.682. The molecule has 5 heteroatoms. The zero-order valence-corrected chi connectivity index (χ0v) is 10.6. The molecule has 2 aromatic rings. The van der Waals surface area contributed by atoms with E-state index in [1.54, 1.807) is 11.3 Å². The van der Waals surface area contributed by atoms with Crippen molar-refractivity contribution in [3.8, 4) is 0 Å². The van der Waals surface area contributed by atoms with E-state index in [1.807, 2.05) is 24.4 Å². The Morgan fingerprint density at radius 2 is 2.12 bits per heavy atom. The molecular weight excluding hydrogens is 264 g/mol. The molecule has 0 aliphatic rings. The summed E-state index contributed by atoms with van der Waals surface area (Å²) in [5.41, 5.74) is 0.133. The Bertz CT molecular complexity index is 490. The largest absolute Gasteiger partial charge is 0.374 e. The van der Waals surface area contributed by atoms with E-state index in [4.69, 9.17) is 11.6 Å². The number of rotatable bonds is 3. The second-order valence-corrected chi connectivity index (χ2v) is 5.01. The minimum absolute atomic E-state index is 0.0471. The van der Waals surface area contributed by atoms with Crippen LogP contribution in [0.1, 0.15) is 17.8 Å². The van der Waals surface area contributed by atoms with Gasteiger partial charge in [0.05, 0.1) is 16.8 Å². The molecule has 2 rings (SSSR count). The Kier molecular flexibility index (Phi) is 3.64. The van der Waals surface area contributed by atoms with Crippen LogP contribution in [0, 0.1) is 11.6 Å². The molecule has 0 aliphatic heterocycles. The van der Waals surface area contributed by atoms with Crippen molar-refractivity contribution in [3.63, 3.8) is 0 Å². The summed E-state index contributed by atoms with van der Waals surface area (Å²) in [4.78, 5) is 1.06. The highest BCUT2D eigenvalue weighted by atomic mass is 35.5. The second-order valence-electron chi connectivity index (χ2n) is 3.63. The number of hydrogen-bond acceptors (Lipinski definition) is 2. The Balaban J connectivity index is 2.25. The lowest BCUT2D eigenvalue weighted by Gasteiger charge is -2.15. The molecule has 90 valence electrons. The predicted molar refractivity (Wildman–Crippen MR) is 67.7 cm³/mol. The van der Waals surface area contributed by atoms with Crippen LogP contribution in [-0.4, -0.2) is 0 Å². The van der Waals surface area contributed by atoms with Crippen LogP contribution >= 0.6 is 22.9 Å². The van der Waals surface area contributed by atoms with E-state index in [-0.39, 0.29) is 16.8 Å². The van der Waals surface area contributed by atoms with Gasteiger partial charge in [-0.25, -0.2) is 8.78 Å². The first-order valence-corrected chi connectivity index (χ1v) is 6.28. The fourth-order valence-electron chi connectivity index (χ4n) is 1.51. The van der Waals surface area contributed by atoms with Gasteiger partial charge in [0.1, 0.15) is 5.82 Å². The van der Waals surface area contributed by atoms with Crippen molar-refractivity contribution in [1.82, 2.24) is 0 Å². The number of thiophene rings is 1. The summed E-state index contributed by atoms with van der Waals surface area (Å²) in [5, 5.41) is 4.93. The Labute approximate surface area is 107 Å². The highest BCUT2D eigenvalue weighted by Crippen LogP contribution is 2.30. The van der Waals surface area contributed by atoms with Crippen molar-refractivity contribution >= 4 is 28.6 Å². The van der Waals surface area contributed by atoms with Gasteiger partial charge in [-0.05, 0) is 24.4 Å². The minimum Gasteiger partial charge on any atom is -0.374 e. The average Bonchev–Trinajstić information content (AvgIpc) is 2.76. The molecule has 17 heavy (non-hydrogen) atoms. The first-order chi connectivity index (χ1) is 8.08. The van der Waals surface area contributed by atoms with Crippen LogP contribution < -0.4 is 5.32 Å². The fraction of sp³-hybridized carbons (Fsp3) is 0.167. The molecule has 1 heterocycles. The summed E-state index contributed by atoms with van der Waals surface area (Å²) < 4.78 is 26.4. The summed E-state index contributed by atoms with van der Waals surface area (Å²) >= 11 is 7.36. The maximum absolute atomic E-state index is 13.5. The summed E-state index contributed by atoms with van der Waals surface area (Å²) in [6.45, 7) is 1.89. The van der Waals surface area contributed by atoms with Crippen LogP contribution in [0.25, 0.3) is 0 Å². The second kappa shape index (κ2) is 5.02. The van der Waals surface area contributed by atoms with Crippen LogP contribution in [0.15, 0.2) is 29.6 Å². The molecule has 0 radical (unpaired) electrons. The molecule has 0 spiro atoms. The zero-order chi connectivity index (χ0) is 12.4. The molecule has 1 N–H and O–H groups in total. The van der Waals surface area contributed by atoms with Gasteiger partial charge in [0.15, 0.2) is 5.82 Å². The molecule has 0 aliphatic carbocycles. The van der Waals surface area contributed by atoms with E-state index in [1.165, 1.54) is 0 Å². The average molecular weight is 274 g/mol. The van der Waals surface area contributed by atoms with Crippen LogP contribution in [0.2, 0.25) is 5.02 Å². The molecule has 1 aromatic heterocycles. The fourth-order valence-corrected chi connectivity index (χ4v) is 2.49. The molecule has 1 nitrogen and oxygen atoms in total. The van der Waals surface area contributed by atoms with E-state index in [0.29, 0.717) is 0 Å². The van der Waals surface area contributed by atoms with Crippen LogP contribution in [-0.2, 0) is 0 Å². The Morgan fingerprint density at radius 1 is 1.35 bits per heavy atom. The number of nitrogens with one attached hydrogen (secondary N) is 1. The number of anilines is 1. The van der Waals surface area contributed by atoms with Gasteiger partial charge in [-0.1, -0.05) is 17.7 Å². The molecule has 0 saturated heterocycles. The molecule has 0 amide bonds. The molecular formula is C12H10ClF2NS. The molecule has 0 saturated carbocycles. The summed E-state index contributed by atoms with van der Waals surface area (Å²) in [7, 11) is 0. The molecule has 0 bridgehead atoms. The molecule has 1 atom stereocenters. The van der Waals surface area contributed by atoms with Crippen molar-refractivity contribution < 1.29 is 8.78 Å². The van der Waals surface area contributed by atoms with E-state index >= 15 is 0 Å². The van der Waals surface area contributed by atoms with Gasteiger partial charge < -0.3 is 5.32 Å². The summed E-state index contributed by atoms with van der Waals surface area (Å²) in [6, 6.07) is 5.69. The van der Waals surface area contributed by atoms with E-state index in [2.05, 4.69) is 5.32 Å². The van der Waals surface area contributed by atoms with Crippen molar-refractivity contribution in [2.24, 2.45) is 0 Å². The Morgan fingerprint density at radius 3 is 2.71 bits per heavy atom. The molecule has 1 aromatic carbocycles. The Hall–Kier alpha value is -1.13. The lowest BCUT2D eigenvalue weighted by atomic mass is 10.2. The maximum atomic E-state index is 13.5. The summed E-state index contributed by atoms with van der Waals surface area (Å²) in [6.07, 6.45) is 0. The standard InChI is InChI=1S/C12H10ClF2NS/c1-7(11-3-2-4-17-11)16-12-9(13)5-8(14)6-10(12)15/h2-7,16H,1H3. The van der Waals surface area contributed by atoms with Crippen molar-refractivity contribution in [1.29, 1.82) is 0 Å². The third-order valence-corrected chi connectivity index (χ3v) is 3.69. The zero-order valence-electron chi connectivity index (χ0n) is 9.01. The first kappa shape index (κ1) is 12.3. The van der Waals surface area contributed by atoms with Crippen LogP contribution in [0.5, 0.6) is 0 Å². The highest BCUT2D eigenvalue weighted by Gasteiger charge is 2.13. The molecule has 1 unspecified atom stereocenters. The van der Waals surface area contributed by atoms with Gasteiger partial charge in [-0.3, -0.25) is 0 Å². The van der Waals surface area contributed by atoms with E-state index in [9.17, 15) is 8.78 Å². The van der Waals surface area contributed by atoms with Gasteiger partial charge in [-0.2, -0.15) is 0 Å². The smallest absolute Gasteiger partial charge is 0.150 e. The summed E-state index contributed by atoms with van der Waals surface area (Å²) in [5.74, 6) is -1.36. The normalized spacial score (nSPS) is 12.5. The topological polar surface area (TPSA) is 12.0 Å². The van der Waals surface area contributed by atoms with Crippen LogP contribution in [0.4, 0.5) is 14.5 Å². The third kappa shape index (κ3) is 2.76. The van der Waals surface area contributed by atoms with Crippen LogP contribution in [0.3, 0.4) is 0 Å². The van der Waals surface area contributed by atoms with Gasteiger partial charge >= 0.3 is 0 Å². The third-order valence-electron chi connectivity index (χ3n) is 2.34. The maximum Gasteiger partial charge on any atom is 0.150 e. The highest BCUT2D eigenvalue weighted by molar-refractivity contribution is 7.10. The van der Waals surface area contributed by atoms with Gasteiger partial charge in [0.25, 0.3) is 0 Å². The van der Waals surface area contributed by atoms with Gasteiger partial charge in [0, 0.05) is 10.9 Å². The molecule has 0 fully saturated rings. The number of benzene rings is 1.